The molecular weight excluding hydrogens is 248 g/mol. The van der Waals surface area contributed by atoms with Crippen LogP contribution in [0.1, 0.15) is 33.3 Å². The maximum atomic E-state index is 11.6. The molecule has 20 heavy (non-hydrogen) atoms. The zero-order valence-corrected chi connectivity index (χ0v) is 12.9. The highest BCUT2D eigenvalue weighted by Crippen LogP contribution is 2.12. The highest BCUT2D eigenvalue weighted by Gasteiger charge is 2.01. The molecule has 1 rings (SSSR count). The fraction of sp³-hybridized carbons (Fsp3) is 0.471. The minimum atomic E-state index is 0.0506. The molecule has 0 spiro atoms. The Morgan fingerprint density at radius 2 is 1.95 bits per heavy atom. The van der Waals surface area contributed by atoms with Gasteiger partial charge >= 0.3 is 0 Å². The van der Waals surface area contributed by atoms with Crippen molar-refractivity contribution >= 4 is 17.5 Å². The Kier molecular flexibility index (Phi) is 7.02. The molecule has 0 aliphatic rings. The van der Waals surface area contributed by atoms with Crippen molar-refractivity contribution in [1.29, 1.82) is 0 Å². The number of hydrogen-bond donors (Lipinski definition) is 2. The number of rotatable bonds is 8. The fourth-order valence-corrected chi connectivity index (χ4v) is 1.69. The first kappa shape index (κ1) is 16.4. The second-order valence-corrected chi connectivity index (χ2v) is 5.55. The molecule has 0 saturated carbocycles. The van der Waals surface area contributed by atoms with E-state index in [0.29, 0.717) is 6.04 Å². The summed E-state index contributed by atoms with van der Waals surface area (Å²) in [5, 5.41) is 6.73. The van der Waals surface area contributed by atoms with Crippen LogP contribution in [0, 0.1) is 5.92 Å². The lowest BCUT2D eigenvalue weighted by molar-refractivity contribution is -0.117. The first-order valence-electron chi connectivity index (χ1n) is 7.28. The lowest BCUT2D eigenvalue weighted by atomic mass is 10.1. The third-order valence-corrected chi connectivity index (χ3v) is 2.90. The molecule has 0 heterocycles. The van der Waals surface area contributed by atoms with Gasteiger partial charge in [0.15, 0.2) is 5.78 Å². The van der Waals surface area contributed by atoms with Gasteiger partial charge in [0.2, 0.25) is 0 Å². The van der Waals surface area contributed by atoms with Crippen LogP contribution in [0.3, 0.4) is 0 Å². The van der Waals surface area contributed by atoms with Crippen molar-refractivity contribution in [2.45, 2.75) is 33.7 Å². The molecule has 0 aromatic heterocycles. The molecule has 0 unspecified atom stereocenters. The van der Waals surface area contributed by atoms with Gasteiger partial charge in [0.05, 0.1) is 0 Å². The van der Waals surface area contributed by atoms with Gasteiger partial charge in [0.1, 0.15) is 0 Å². The molecule has 0 bridgehead atoms. The molecule has 0 radical (unpaired) electrons. The third kappa shape index (κ3) is 6.53. The van der Waals surface area contributed by atoms with Gasteiger partial charge in [-0.25, -0.2) is 0 Å². The van der Waals surface area contributed by atoms with Crippen LogP contribution in [0.4, 0.5) is 5.69 Å². The number of allylic oxidation sites excluding steroid dienone is 1. The van der Waals surface area contributed by atoms with E-state index in [1.807, 2.05) is 38.1 Å². The summed E-state index contributed by atoms with van der Waals surface area (Å²) in [6.07, 6.45) is 3.53. The van der Waals surface area contributed by atoms with Crippen molar-refractivity contribution in [2.75, 3.05) is 18.4 Å². The van der Waals surface area contributed by atoms with Crippen LogP contribution in [-0.4, -0.2) is 24.9 Å². The average Bonchev–Trinajstić information content (AvgIpc) is 2.41. The van der Waals surface area contributed by atoms with Crippen molar-refractivity contribution in [1.82, 2.24) is 5.32 Å². The smallest absolute Gasteiger partial charge is 0.158 e. The predicted octanol–water partition coefficient (Wildman–Crippen LogP) is 3.33. The summed E-state index contributed by atoms with van der Waals surface area (Å²) in [5.74, 6) is 0.208. The molecule has 3 heteroatoms. The summed E-state index contributed by atoms with van der Waals surface area (Å²) >= 11 is 0. The van der Waals surface area contributed by atoms with E-state index >= 15 is 0 Å². The van der Waals surface area contributed by atoms with E-state index in [1.54, 1.807) is 6.08 Å². The van der Waals surface area contributed by atoms with Gasteiger partial charge in [-0.05, 0) is 23.8 Å². The quantitative estimate of drug-likeness (QED) is 0.564. The molecule has 0 aliphatic carbocycles. The second kappa shape index (κ2) is 8.54. The highest BCUT2D eigenvalue weighted by molar-refractivity contribution is 5.94. The maximum absolute atomic E-state index is 11.6. The Balaban J connectivity index is 2.51. The van der Waals surface area contributed by atoms with Gasteiger partial charge in [0, 0.05) is 30.7 Å². The van der Waals surface area contributed by atoms with Crippen LogP contribution < -0.4 is 10.6 Å². The van der Waals surface area contributed by atoms with Gasteiger partial charge in [-0.3, -0.25) is 4.79 Å². The summed E-state index contributed by atoms with van der Waals surface area (Å²) in [7, 11) is 0. The number of carbonyl (C=O) groups is 1. The van der Waals surface area contributed by atoms with E-state index in [1.165, 1.54) is 0 Å². The molecule has 0 atom stereocenters. The topological polar surface area (TPSA) is 41.1 Å². The van der Waals surface area contributed by atoms with Crippen molar-refractivity contribution in [3.8, 4) is 0 Å². The van der Waals surface area contributed by atoms with Gasteiger partial charge in [-0.15, -0.1) is 0 Å². The summed E-state index contributed by atoms with van der Waals surface area (Å²) in [6, 6.07) is 8.60. The first-order valence-corrected chi connectivity index (χ1v) is 7.28. The summed E-state index contributed by atoms with van der Waals surface area (Å²) in [6.45, 7) is 9.91. The molecule has 0 aliphatic heterocycles. The van der Waals surface area contributed by atoms with E-state index < -0.39 is 0 Å². The van der Waals surface area contributed by atoms with E-state index in [9.17, 15) is 4.79 Å². The minimum absolute atomic E-state index is 0.0506. The highest BCUT2D eigenvalue weighted by atomic mass is 16.1. The Bertz CT molecular complexity index is 450. The van der Waals surface area contributed by atoms with Gasteiger partial charge in [-0.1, -0.05) is 45.9 Å². The Labute approximate surface area is 122 Å². The molecule has 3 nitrogen and oxygen atoms in total. The lowest BCUT2D eigenvalue weighted by Gasteiger charge is -2.10. The molecule has 2 N–H and O–H groups in total. The van der Waals surface area contributed by atoms with Gasteiger partial charge < -0.3 is 10.6 Å². The van der Waals surface area contributed by atoms with Crippen LogP contribution in [0.15, 0.2) is 30.3 Å². The Morgan fingerprint density at radius 1 is 1.20 bits per heavy atom. The zero-order chi connectivity index (χ0) is 15.0. The monoisotopic (exact) mass is 274 g/mol. The lowest BCUT2D eigenvalue weighted by Crippen LogP contribution is -2.28. The maximum Gasteiger partial charge on any atom is 0.158 e. The fourth-order valence-electron chi connectivity index (χ4n) is 1.69. The normalized spacial score (nSPS) is 11.5. The van der Waals surface area contributed by atoms with Crippen molar-refractivity contribution in [3.63, 3.8) is 0 Å². The molecule has 1 aromatic rings. The standard InChI is InChI=1S/C17H26N2O/c1-13(2)17(20)9-8-15-6-5-7-16(12-15)19-11-10-18-14(3)4/h5-9,12-14,18-19H,10-11H2,1-4H3/b9-8+. The number of hydrogen-bond acceptors (Lipinski definition) is 3. The summed E-state index contributed by atoms with van der Waals surface area (Å²) < 4.78 is 0. The number of carbonyl (C=O) groups excluding carboxylic acids is 1. The number of nitrogens with one attached hydrogen (secondary N) is 2. The minimum Gasteiger partial charge on any atom is -0.384 e. The van der Waals surface area contributed by atoms with Gasteiger partial charge in [0.25, 0.3) is 0 Å². The first-order chi connectivity index (χ1) is 9.49. The largest absolute Gasteiger partial charge is 0.384 e. The number of benzene rings is 1. The predicted molar refractivity (Wildman–Crippen MR) is 86.9 cm³/mol. The Hall–Kier alpha value is -1.61. The van der Waals surface area contributed by atoms with Crippen LogP contribution in [0.2, 0.25) is 0 Å². The van der Waals surface area contributed by atoms with Crippen LogP contribution >= 0.6 is 0 Å². The molecule has 0 fully saturated rings. The SMILES string of the molecule is CC(C)NCCNc1cccc(/C=C/C(=O)C(C)C)c1. The van der Waals surface area contributed by atoms with Crippen LogP contribution in [-0.2, 0) is 4.79 Å². The molecule has 0 amide bonds. The van der Waals surface area contributed by atoms with Crippen molar-refractivity contribution < 1.29 is 4.79 Å². The second-order valence-electron chi connectivity index (χ2n) is 5.55. The third-order valence-electron chi connectivity index (χ3n) is 2.90. The van der Waals surface area contributed by atoms with E-state index in [0.717, 1.165) is 24.3 Å². The molecule has 1 aromatic carbocycles. The number of ketones is 1. The molecule has 0 saturated heterocycles. The van der Waals surface area contributed by atoms with Crippen molar-refractivity contribution in [2.24, 2.45) is 5.92 Å². The van der Waals surface area contributed by atoms with E-state index in [2.05, 4.69) is 30.5 Å². The van der Waals surface area contributed by atoms with E-state index in [4.69, 9.17) is 0 Å². The van der Waals surface area contributed by atoms with Crippen LogP contribution in [0.25, 0.3) is 6.08 Å². The van der Waals surface area contributed by atoms with E-state index in [-0.39, 0.29) is 11.7 Å². The molecular formula is C17H26N2O. The summed E-state index contributed by atoms with van der Waals surface area (Å²) in [4.78, 5) is 11.6. The Morgan fingerprint density at radius 3 is 2.60 bits per heavy atom. The van der Waals surface area contributed by atoms with Crippen LogP contribution in [0.5, 0.6) is 0 Å². The average molecular weight is 274 g/mol. The summed E-state index contributed by atoms with van der Waals surface area (Å²) in [5.41, 5.74) is 2.12. The van der Waals surface area contributed by atoms with Gasteiger partial charge in [-0.2, -0.15) is 0 Å². The number of anilines is 1. The zero-order valence-electron chi connectivity index (χ0n) is 12.9. The molecule has 110 valence electrons. The van der Waals surface area contributed by atoms with Crippen molar-refractivity contribution in [3.05, 3.63) is 35.9 Å².